The zero-order valence-corrected chi connectivity index (χ0v) is 14.6. The zero-order chi connectivity index (χ0) is 16.4. The third-order valence-corrected chi connectivity index (χ3v) is 6.05. The quantitative estimate of drug-likeness (QED) is 0.894. The van der Waals surface area contributed by atoms with Gasteiger partial charge in [0, 0.05) is 26.1 Å². The highest BCUT2D eigenvalue weighted by molar-refractivity contribution is 5.21. The Morgan fingerprint density at radius 2 is 1.92 bits per heavy atom. The van der Waals surface area contributed by atoms with Crippen molar-refractivity contribution in [1.29, 1.82) is 0 Å². The van der Waals surface area contributed by atoms with Crippen molar-refractivity contribution in [2.75, 3.05) is 19.6 Å². The third-order valence-electron chi connectivity index (χ3n) is 6.05. The van der Waals surface area contributed by atoms with E-state index < -0.39 is 0 Å². The number of H-pyrrole nitrogens is 1. The molecule has 5 nitrogen and oxygen atoms in total. The molecule has 4 rings (SSSR count). The van der Waals surface area contributed by atoms with Crippen LogP contribution in [-0.2, 0) is 13.0 Å². The fourth-order valence-corrected chi connectivity index (χ4v) is 4.64. The maximum absolute atomic E-state index is 12.6. The average molecular weight is 330 g/mol. The molecule has 0 amide bonds. The second-order valence-electron chi connectivity index (χ2n) is 7.87. The molecule has 1 aliphatic carbocycles. The lowest BCUT2D eigenvalue weighted by atomic mass is 9.88. The number of aromatic nitrogens is 2. The molecule has 2 fully saturated rings. The fourth-order valence-electron chi connectivity index (χ4n) is 4.64. The monoisotopic (exact) mass is 330 g/mol. The van der Waals surface area contributed by atoms with Gasteiger partial charge < -0.3 is 10.3 Å². The highest BCUT2D eigenvalue weighted by Gasteiger charge is 2.26. The van der Waals surface area contributed by atoms with Gasteiger partial charge in [-0.15, -0.1) is 0 Å². The van der Waals surface area contributed by atoms with Gasteiger partial charge in [0.25, 0.3) is 5.56 Å². The molecular weight excluding hydrogens is 300 g/mol. The van der Waals surface area contributed by atoms with E-state index >= 15 is 0 Å². The van der Waals surface area contributed by atoms with Gasteiger partial charge in [-0.3, -0.25) is 9.69 Å². The molecule has 5 heteroatoms. The number of fused-ring (bicyclic) bond motifs is 1. The van der Waals surface area contributed by atoms with E-state index in [0.717, 1.165) is 62.0 Å². The summed E-state index contributed by atoms with van der Waals surface area (Å²) >= 11 is 0. The van der Waals surface area contributed by atoms with Crippen LogP contribution in [-0.4, -0.2) is 34.5 Å². The van der Waals surface area contributed by atoms with Crippen LogP contribution in [0.5, 0.6) is 0 Å². The summed E-state index contributed by atoms with van der Waals surface area (Å²) in [7, 11) is 0. The van der Waals surface area contributed by atoms with E-state index in [0.29, 0.717) is 0 Å². The Morgan fingerprint density at radius 1 is 1.08 bits per heavy atom. The maximum Gasteiger partial charge on any atom is 0.255 e. The Kier molecular flexibility index (Phi) is 4.99. The minimum atomic E-state index is 0.0933. The summed E-state index contributed by atoms with van der Waals surface area (Å²) in [6.07, 6.45) is 11.3. The minimum absolute atomic E-state index is 0.0933. The van der Waals surface area contributed by atoms with Crippen LogP contribution in [0.4, 0.5) is 0 Å². The van der Waals surface area contributed by atoms with E-state index in [1.807, 2.05) is 0 Å². The van der Waals surface area contributed by atoms with Crippen LogP contribution in [0.2, 0.25) is 0 Å². The molecule has 0 unspecified atom stereocenters. The molecule has 0 radical (unpaired) electrons. The van der Waals surface area contributed by atoms with Gasteiger partial charge in [0.2, 0.25) is 0 Å². The number of aromatic amines is 1. The van der Waals surface area contributed by atoms with Gasteiger partial charge in [0.1, 0.15) is 5.82 Å². The second-order valence-corrected chi connectivity index (χ2v) is 7.87. The lowest BCUT2D eigenvalue weighted by molar-refractivity contribution is 0.184. The topological polar surface area (TPSA) is 61.0 Å². The molecule has 0 bridgehead atoms. The van der Waals surface area contributed by atoms with Crippen molar-refractivity contribution in [1.82, 2.24) is 20.2 Å². The number of nitrogens with zero attached hydrogens (tertiary/aromatic N) is 2. The van der Waals surface area contributed by atoms with Gasteiger partial charge in [-0.05, 0) is 38.1 Å². The van der Waals surface area contributed by atoms with Crippen molar-refractivity contribution >= 4 is 0 Å². The Balaban J connectivity index is 1.46. The van der Waals surface area contributed by atoms with Crippen LogP contribution < -0.4 is 10.9 Å². The predicted octanol–water partition coefficient (Wildman–Crippen LogP) is 2.52. The SMILES string of the molecule is O=c1[nH]c([C@@H]2CCCCN2)nc2c1CN(CC1CCCCC1)CC2. The summed E-state index contributed by atoms with van der Waals surface area (Å²) in [5.41, 5.74) is 2.05. The van der Waals surface area contributed by atoms with Crippen molar-refractivity contribution in [3.05, 3.63) is 27.4 Å². The number of hydrogen-bond donors (Lipinski definition) is 2. The number of hydrogen-bond acceptors (Lipinski definition) is 4. The predicted molar refractivity (Wildman–Crippen MR) is 95.0 cm³/mol. The van der Waals surface area contributed by atoms with Crippen LogP contribution in [0, 0.1) is 5.92 Å². The van der Waals surface area contributed by atoms with Gasteiger partial charge in [-0.1, -0.05) is 25.7 Å². The molecular formula is C19H30N4O. The lowest BCUT2D eigenvalue weighted by Crippen LogP contribution is -2.40. The molecule has 1 aromatic rings. The largest absolute Gasteiger partial charge is 0.309 e. The molecule has 1 atom stereocenters. The molecule has 3 aliphatic rings. The Hall–Kier alpha value is -1.20. The van der Waals surface area contributed by atoms with Crippen molar-refractivity contribution in [2.24, 2.45) is 5.92 Å². The first-order valence-electron chi connectivity index (χ1n) is 9.87. The van der Waals surface area contributed by atoms with Crippen LogP contribution in [0.3, 0.4) is 0 Å². The van der Waals surface area contributed by atoms with Crippen LogP contribution >= 0.6 is 0 Å². The summed E-state index contributed by atoms with van der Waals surface area (Å²) in [6.45, 7) is 4.02. The molecule has 2 aliphatic heterocycles. The van der Waals surface area contributed by atoms with Crippen molar-refractivity contribution < 1.29 is 0 Å². The minimum Gasteiger partial charge on any atom is -0.309 e. The second kappa shape index (κ2) is 7.36. The number of piperidine rings is 1. The van der Waals surface area contributed by atoms with E-state index in [1.165, 1.54) is 44.9 Å². The summed E-state index contributed by atoms with van der Waals surface area (Å²) in [5, 5.41) is 3.49. The van der Waals surface area contributed by atoms with Crippen LogP contribution in [0.1, 0.15) is 74.5 Å². The summed E-state index contributed by atoms with van der Waals surface area (Å²) < 4.78 is 0. The van der Waals surface area contributed by atoms with Gasteiger partial charge in [0.15, 0.2) is 0 Å². The van der Waals surface area contributed by atoms with Crippen LogP contribution in [0.15, 0.2) is 4.79 Å². The summed E-state index contributed by atoms with van der Waals surface area (Å²) in [6, 6.07) is 0.233. The highest BCUT2D eigenvalue weighted by atomic mass is 16.1. The summed E-state index contributed by atoms with van der Waals surface area (Å²) in [4.78, 5) is 23.0. The van der Waals surface area contributed by atoms with Crippen molar-refractivity contribution in [3.63, 3.8) is 0 Å². The molecule has 1 saturated heterocycles. The molecule has 0 spiro atoms. The first-order chi connectivity index (χ1) is 11.8. The molecule has 132 valence electrons. The standard InChI is InChI=1S/C19H30N4O/c24-19-15-13-23(12-14-6-2-1-3-7-14)11-9-16(15)21-18(22-19)17-8-4-5-10-20-17/h14,17,20H,1-13H2,(H,21,22,24)/t17-/m0/s1. The summed E-state index contributed by atoms with van der Waals surface area (Å²) in [5.74, 6) is 1.69. The first-order valence-corrected chi connectivity index (χ1v) is 9.87. The average Bonchev–Trinajstić information content (AvgIpc) is 2.64. The van der Waals surface area contributed by atoms with Gasteiger partial charge in [-0.25, -0.2) is 4.98 Å². The van der Waals surface area contributed by atoms with E-state index in [1.54, 1.807) is 0 Å². The Morgan fingerprint density at radius 3 is 2.71 bits per heavy atom. The molecule has 0 aromatic carbocycles. The Labute approximate surface area is 144 Å². The highest BCUT2D eigenvalue weighted by Crippen LogP contribution is 2.26. The smallest absolute Gasteiger partial charge is 0.255 e. The van der Waals surface area contributed by atoms with Crippen molar-refractivity contribution in [2.45, 2.75) is 70.4 Å². The van der Waals surface area contributed by atoms with E-state index in [4.69, 9.17) is 4.98 Å². The molecule has 24 heavy (non-hydrogen) atoms. The number of rotatable bonds is 3. The normalized spacial score (nSPS) is 26.2. The van der Waals surface area contributed by atoms with E-state index in [-0.39, 0.29) is 11.6 Å². The number of nitrogens with one attached hydrogen (secondary N) is 2. The van der Waals surface area contributed by atoms with Gasteiger partial charge in [-0.2, -0.15) is 0 Å². The zero-order valence-electron chi connectivity index (χ0n) is 14.6. The fraction of sp³-hybridized carbons (Fsp3) is 0.789. The van der Waals surface area contributed by atoms with Gasteiger partial charge in [0.05, 0.1) is 17.3 Å². The third kappa shape index (κ3) is 3.57. The maximum atomic E-state index is 12.6. The molecule has 2 N–H and O–H groups in total. The van der Waals surface area contributed by atoms with E-state index in [9.17, 15) is 4.79 Å². The Bertz CT molecular complexity index is 614. The molecule has 3 heterocycles. The van der Waals surface area contributed by atoms with Gasteiger partial charge >= 0.3 is 0 Å². The molecule has 1 aromatic heterocycles. The lowest BCUT2D eigenvalue weighted by Gasteiger charge is -2.33. The van der Waals surface area contributed by atoms with E-state index in [2.05, 4.69) is 15.2 Å². The molecule has 1 saturated carbocycles. The van der Waals surface area contributed by atoms with Crippen LogP contribution in [0.25, 0.3) is 0 Å². The van der Waals surface area contributed by atoms with Crippen molar-refractivity contribution in [3.8, 4) is 0 Å². The first kappa shape index (κ1) is 16.3.